The van der Waals surface area contributed by atoms with E-state index >= 15 is 0 Å². The number of nitrogens with one attached hydrogen (secondary N) is 1. The summed E-state index contributed by atoms with van der Waals surface area (Å²) in [5.74, 6) is 2.19. The molecule has 0 bridgehead atoms. The maximum absolute atomic E-state index is 6.21. The number of benzene rings is 1. The van der Waals surface area contributed by atoms with E-state index in [1.807, 2.05) is 0 Å². The van der Waals surface area contributed by atoms with E-state index in [1.165, 1.54) is 11.1 Å². The molecule has 1 rings (SSSR count). The molecule has 0 aromatic heterocycles. The zero-order valence-electron chi connectivity index (χ0n) is 13.3. The van der Waals surface area contributed by atoms with Crippen molar-refractivity contribution in [2.45, 2.75) is 47.6 Å². The molecule has 0 aliphatic rings. The third kappa shape index (κ3) is 5.65. The Bertz CT molecular complexity index is 385. The molecule has 1 unspecified atom stereocenters. The SMILES string of the molecule is Cc1ccc(C)c(OC(CNCC(C)C)C(C)C)c1. The Kier molecular flexibility index (Phi) is 6.36. The zero-order valence-corrected chi connectivity index (χ0v) is 13.3. The van der Waals surface area contributed by atoms with Crippen LogP contribution in [0.4, 0.5) is 0 Å². The lowest BCUT2D eigenvalue weighted by atomic mass is 10.1. The Morgan fingerprint density at radius 3 is 2.32 bits per heavy atom. The fraction of sp³-hybridized carbons (Fsp3) is 0.647. The highest BCUT2D eigenvalue weighted by atomic mass is 16.5. The van der Waals surface area contributed by atoms with Crippen molar-refractivity contribution >= 4 is 0 Å². The Morgan fingerprint density at radius 2 is 1.74 bits per heavy atom. The van der Waals surface area contributed by atoms with Gasteiger partial charge in [-0.1, -0.05) is 39.8 Å². The molecule has 1 aromatic rings. The van der Waals surface area contributed by atoms with Crippen LogP contribution in [0.2, 0.25) is 0 Å². The first-order valence-electron chi connectivity index (χ1n) is 7.34. The van der Waals surface area contributed by atoms with Gasteiger partial charge in [-0.15, -0.1) is 0 Å². The normalized spacial score (nSPS) is 13.1. The number of ether oxygens (including phenoxy) is 1. The number of aryl methyl sites for hydroxylation is 2. The average Bonchev–Trinajstić information content (AvgIpc) is 2.31. The first-order valence-corrected chi connectivity index (χ1v) is 7.34. The topological polar surface area (TPSA) is 21.3 Å². The molecular formula is C17H29NO. The quantitative estimate of drug-likeness (QED) is 0.804. The molecule has 0 heterocycles. The molecule has 0 fully saturated rings. The lowest BCUT2D eigenvalue weighted by molar-refractivity contribution is 0.147. The van der Waals surface area contributed by atoms with Gasteiger partial charge in [-0.25, -0.2) is 0 Å². The van der Waals surface area contributed by atoms with Crippen LogP contribution in [0.15, 0.2) is 18.2 Å². The molecule has 0 radical (unpaired) electrons. The van der Waals surface area contributed by atoms with Crippen molar-refractivity contribution in [3.63, 3.8) is 0 Å². The lowest BCUT2D eigenvalue weighted by Gasteiger charge is -2.24. The minimum atomic E-state index is 0.222. The summed E-state index contributed by atoms with van der Waals surface area (Å²) in [6, 6.07) is 6.39. The fourth-order valence-corrected chi connectivity index (χ4v) is 1.93. The summed E-state index contributed by atoms with van der Waals surface area (Å²) in [6.45, 7) is 15.0. The molecule has 1 atom stereocenters. The van der Waals surface area contributed by atoms with Crippen LogP contribution >= 0.6 is 0 Å². The molecule has 108 valence electrons. The van der Waals surface area contributed by atoms with Crippen molar-refractivity contribution in [1.29, 1.82) is 0 Å². The molecule has 1 aromatic carbocycles. The Labute approximate surface area is 118 Å². The molecule has 0 saturated heterocycles. The molecule has 2 nitrogen and oxygen atoms in total. The van der Waals surface area contributed by atoms with E-state index in [-0.39, 0.29) is 6.10 Å². The highest BCUT2D eigenvalue weighted by Crippen LogP contribution is 2.22. The first-order chi connectivity index (χ1) is 8.90. The van der Waals surface area contributed by atoms with Gasteiger partial charge in [0.2, 0.25) is 0 Å². The summed E-state index contributed by atoms with van der Waals surface area (Å²) in [4.78, 5) is 0. The Hall–Kier alpha value is -1.02. The van der Waals surface area contributed by atoms with Crippen LogP contribution in [0.25, 0.3) is 0 Å². The predicted octanol–water partition coefficient (Wildman–Crippen LogP) is 3.95. The molecule has 0 spiro atoms. The van der Waals surface area contributed by atoms with Gasteiger partial charge in [-0.3, -0.25) is 0 Å². The van der Waals surface area contributed by atoms with Crippen molar-refractivity contribution in [1.82, 2.24) is 5.32 Å². The van der Waals surface area contributed by atoms with Gasteiger partial charge >= 0.3 is 0 Å². The average molecular weight is 263 g/mol. The molecule has 0 saturated carbocycles. The molecule has 19 heavy (non-hydrogen) atoms. The van der Waals surface area contributed by atoms with Crippen LogP contribution in [-0.2, 0) is 0 Å². The van der Waals surface area contributed by atoms with E-state index < -0.39 is 0 Å². The van der Waals surface area contributed by atoms with Gasteiger partial charge in [0.1, 0.15) is 11.9 Å². The molecular weight excluding hydrogens is 234 g/mol. The Morgan fingerprint density at radius 1 is 1.05 bits per heavy atom. The van der Waals surface area contributed by atoms with Gasteiger partial charge < -0.3 is 10.1 Å². The Balaban J connectivity index is 2.64. The van der Waals surface area contributed by atoms with Crippen molar-refractivity contribution in [3.05, 3.63) is 29.3 Å². The molecule has 1 N–H and O–H groups in total. The second-order valence-corrected chi connectivity index (χ2v) is 6.22. The van der Waals surface area contributed by atoms with E-state index in [1.54, 1.807) is 0 Å². The van der Waals surface area contributed by atoms with Crippen LogP contribution in [0, 0.1) is 25.7 Å². The summed E-state index contributed by atoms with van der Waals surface area (Å²) in [7, 11) is 0. The molecule has 0 aliphatic heterocycles. The van der Waals surface area contributed by atoms with Crippen LogP contribution in [0.5, 0.6) is 5.75 Å². The third-order valence-corrected chi connectivity index (χ3v) is 3.26. The number of hydrogen-bond acceptors (Lipinski definition) is 2. The van der Waals surface area contributed by atoms with E-state index in [4.69, 9.17) is 4.74 Å². The van der Waals surface area contributed by atoms with Gasteiger partial charge in [0, 0.05) is 6.54 Å². The van der Waals surface area contributed by atoms with E-state index in [2.05, 4.69) is 65.1 Å². The maximum Gasteiger partial charge on any atom is 0.122 e. The van der Waals surface area contributed by atoms with Crippen LogP contribution in [0.1, 0.15) is 38.8 Å². The first kappa shape index (κ1) is 16.0. The van der Waals surface area contributed by atoms with Gasteiger partial charge in [-0.05, 0) is 49.4 Å². The number of hydrogen-bond donors (Lipinski definition) is 1. The summed E-state index contributed by atoms with van der Waals surface area (Å²) in [5, 5.41) is 3.50. The van der Waals surface area contributed by atoms with E-state index in [0.29, 0.717) is 11.8 Å². The molecule has 0 amide bonds. The second kappa shape index (κ2) is 7.54. The predicted molar refractivity (Wildman–Crippen MR) is 82.9 cm³/mol. The van der Waals surface area contributed by atoms with Crippen molar-refractivity contribution in [2.75, 3.05) is 13.1 Å². The van der Waals surface area contributed by atoms with Gasteiger partial charge in [0.15, 0.2) is 0 Å². The maximum atomic E-state index is 6.21. The monoisotopic (exact) mass is 263 g/mol. The van der Waals surface area contributed by atoms with E-state index in [0.717, 1.165) is 18.8 Å². The zero-order chi connectivity index (χ0) is 14.4. The number of rotatable bonds is 7. The molecule has 0 aliphatic carbocycles. The minimum Gasteiger partial charge on any atom is -0.489 e. The second-order valence-electron chi connectivity index (χ2n) is 6.22. The van der Waals surface area contributed by atoms with Gasteiger partial charge in [0.25, 0.3) is 0 Å². The highest BCUT2D eigenvalue weighted by Gasteiger charge is 2.16. The van der Waals surface area contributed by atoms with Crippen LogP contribution in [0.3, 0.4) is 0 Å². The van der Waals surface area contributed by atoms with Crippen LogP contribution in [-0.4, -0.2) is 19.2 Å². The largest absolute Gasteiger partial charge is 0.489 e. The van der Waals surface area contributed by atoms with Crippen molar-refractivity contribution in [2.24, 2.45) is 11.8 Å². The standard InChI is InChI=1S/C17H29NO/c1-12(2)10-18-11-17(13(3)4)19-16-9-14(5)7-8-15(16)6/h7-9,12-13,17-18H,10-11H2,1-6H3. The highest BCUT2D eigenvalue weighted by molar-refractivity contribution is 5.36. The van der Waals surface area contributed by atoms with Crippen molar-refractivity contribution < 1.29 is 4.74 Å². The van der Waals surface area contributed by atoms with Crippen molar-refractivity contribution in [3.8, 4) is 5.75 Å². The summed E-state index contributed by atoms with van der Waals surface area (Å²) < 4.78 is 6.21. The smallest absolute Gasteiger partial charge is 0.122 e. The minimum absolute atomic E-state index is 0.222. The summed E-state index contributed by atoms with van der Waals surface area (Å²) in [5.41, 5.74) is 2.46. The van der Waals surface area contributed by atoms with Gasteiger partial charge in [0.05, 0.1) is 0 Å². The molecule has 2 heteroatoms. The van der Waals surface area contributed by atoms with Gasteiger partial charge in [-0.2, -0.15) is 0 Å². The fourth-order valence-electron chi connectivity index (χ4n) is 1.93. The summed E-state index contributed by atoms with van der Waals surface area (Å²) in [6.07, 6.45) is 0.222. The lowest BCUT2D eigenvalue weighted by Crippen LogP contribution is -2.37. The van der Waals surface area contributed by atoms with Crippen LogP contribution < -0.4 is 10.1 Å². The third-order valence-electron chi connectivity index (χ3n) is 3.26. The summed E-state index contributed by atoms with van der Waals surface area (Å²) >= 11 is 0. The van der Waals surface area contributed by atoms with E-state index in [9.17, 15) is 0 Å².